The fourth-order valence-electron chi connectivity index (χ4n) is 3.93. The van der Waals surface area contributed by atoms with Gasteiger partial charge in [0.15, 0.2) is 11.8 Å². The number of hydrogen-bond donors (Lipinski definition) is 2. The third kappa shape index (κ3) is 6.52. The number of hydrogen-bond acceptors (Lipinski definition) is 6. The summed E-state index contributed by atoms with van der Waals surface area (Å²) >= 11 is 0. The normalized spacial score (nSPS) is 16.4. The lowest BCUT2D eigenvalue weighted by molar-refractivity contribution is 0.0376. The molecule has 10 heteroatoms. The lowest BCUT2D eigenvalue weighted by Crippen LogP contribution is -2.44. The summed E-state index contributed by atoms with van der Waals surface area (Å²) in [6, 6.07) is 0.211. The molecule has 1 fully saturated rings. The first-order valence-corrected chi connectivity index (χ1v) is 11.5. The van der Waals surface area contributed by atoms with Crippen molar-refractivity contribution in [2.75, 3.05) is 39.4 Å². The molecule has 0 amide bonds. The van der Waals surface area contributed by atoms with Crippen molar-refractivity contribution in [1.82, 2.24) is 40.1 Å². The van der Waals surface area contributed by atoms with Crippen molar-refractivity contribution >= 4 is 5.96 Å². The molecule has 0 saturated carbocycles. The maximum Gasteiger partial charge on any atom is 0.191 e. The average molecular weight is 446 g/mol. The van der Waals surface area contributed by atoms with Gasteiger partial charge in [-0.3, -0.25) is 9.58 Å². The zero-order valence-corrected chi connectivity index (χ0v) is 20.5. The Labute approximate surface area is 191 Å². The van der Waals surface area contributed by atoms with Crippen LogP contribution in [0.2, 0.25) is 0 Å². The second-order valence-electron chi connectivity index (χ2n) is 8.64. The van der Waals surface area contributed by atoms with Gasteiger partial charge in [0.1, 0.15) is 12.4 Å². The quantitative estimate of drug-likeness (QED) is 0.336. The molecule has 2 N–H and O–H groups in total. The van der Waals surface area contributed by atoms with Gasteiger partial charge in [-0.2, -0.15) is 5.10 Å². The molecule has 0 bridgehead atoms. The maximum atomic E-state index is 5.43. The van der Waals surface area contributed by atoms with Crippen LogP contribution in [0.25, 0.3) is 0 Å². The van der Waals surface area contributed by atoms with Crippen molar-refractivity contribution in [2.24, 2.45) is 19.1 Å². The summed E-state index contributed by atoms with van der Waals surface area (Å²) in [5.41, 5.74) is 3.59. The molecular weight excluding hydrogens is 406 g/mol. The molecular formula is C22H39N9O. The maximum absolute atomic E-state index is 5.43. The molecule has 3 rings (SSSR count). The summed E-state index contributed by atoms with van der Waals surface area (Å²) in [7, 11) is 3.97. The van der Waals surface area contributed by atoms with E-state index in [0.717, 1.165) is 75.5 Å². The van der Waals surface area contributed by atoms with Crippen LogP contribution < -0.4 is 10.6 Å². The van der Waals surface area contributed by atoms with Crippen LogP contribution >= 0.6 is 0 Å². The van der Waals surface area contributed by atoms with Gasteiger partial charge >= 0.3 is 0 Å². The Hall–Kier alpha value is -2.46. The van der Waals surface area contributed by atoms with E-state index in [9.17, 15) is 0 Å². The summed E-state index contributed by atoms with van der Waals surface area (Å²) in [5.74, 6) is 2.54. The van der Waals surface area contributed by atoms with Crippen LogP contribution in [0.3, 0.4) is 0 Å². The van der Waals surface area contributed by atoms with Crippen molar-refractivity contribution in [1.29, 1.82) is 0 Å². The highest BCUT2D eigenvalue weighted by Crippen LogP contribution is 2.14. The Kier molecular flexibility index (Phi) is 8.63. The van der Waals surface area contributed by atoms with E-state index in [2.05, 4.69) is 51.6 Å². The van der Waals surface area contributed by atoms with Gasteiger partial charge in [0, 0.05) is 45.5 Å². The first-order chi connectivity index (χ1) is 15.3. The summed E-state index contributed by atoms with van der Waals surface area (Å²) in [6.45, 7) is 14.4. The predicted molar refractivity (Wildman–Crippen MR) is 126 cm³/mol. The molecule has 3 heterocycles. The van der Waals surface area contributed by atoms with Crippen LogP contribution in [0.5, 0.6) is 0 Å². The molecule has 1 aliphatic rings. The molecule has 0 radical (unpaired) electrons. The third-order valence-electron chi connectivity index (χ3n) is 6.16. The molecule has 1 aliphatic heterocycles. The highest BCUT2D eigenvalue weighted by Gasteiger charge is 2.15. The number of nitrogens with one attached hydrogen (secondary N) is 2. The minimum Gasteiger partial charge on any atom is -0.379 e. The molecule has 2 aromatic rings. The summed E-state index contributed by atoms with van der Waals surface area (Å²) in [5, 5.41) is 20.0. The van der Waals surface area contributed by atoms with E-state index < -0.39 is 0 Å². The van der Waals surface area contributed by atoms with Crippen LogP contribution in [-0.2, 0) is 31.8 Å². The Morgan fingerprint density at radius 1 is 1.16 bits per heavy atom. The van der Waals surface area contributed by atoms with E-state index in [1.807, 2.05) is 30.3 Å². The Morgan fingerprint density at radius 2 is 1.91 bits per heavy atom. The van der Waals surface area contributed by atoms with Gasteiger partial charge in [0.2, 0.25) is 0 Å². The van der Waals surface area contributed by atoms with Gasteiger partial charge in [-0.15, -0.1) is 10.2 Å². The van der Waals surface area contributed by atoms with Crippen LogP contribution in [0, 0.1) is 20.8 Å². The number of rotatable bonds is 9. The van der Waals surface area contributed by atoms with E-state index in [1.165, 1.54) is 11.3 Å². The first kappa shape index (κ1) is 24.2. The van der Waals surface area contributed by atoms with Gasteiger partial charge in [-0.1, -0.05) is 0 Å². The summed E-state index contributed by atoms with van der Waals surface area (Å²) < 4.78 is 9.36. The van der Waals surface area contributed by atoms with Crippen molar-refractivity contribution in [2.45, 2.75) is 53.1 Å². The van der Waals surface area contributed by atoms with Crippen LogP contribution in [0.1, 0.15) is 41.9 Å². The Balaban J connectivity index is 1.59. The number of guanidine groups is 1. The highest BCUT2D eigenvalue weighted by molar-refractivity contribution is 5.80. The van der Waals surface area contributed by atoms with Crippen LogP contribution in [-0.4, -0.2) is 80.8 Å². The second kappa shape index (κ2) is 11.4. The Morgan fingerprint density at radius 3 is 2.53 bits per heavy atom. The number of aromatic nitrogens is 5. The van der Waals surface area contributed by atoms with Gasteiger partial charge < -0.3 is 19.9 Å². The molecule has 1 saturated heterocycles. The monoisotopic (exact) mass is 445 g/mol. The van der Waals surface area contributed by atoms with Gasteiger partial charge in [-0.05, 0) is 52.6 Å². The molecule has 178 valence electrons. The molecule has 1 unspecified atom stereocenters. The van der Waals surface area contributed by atoms with Crippen molar-refractivity contribution in [3.05, 3.63) is 28.6 Å². The van der Waals surface area contributed by atoms with E-state index >= 15 is 0 Å². The molecule has 32 heavy (non-hydrogen) atoms. The van der Waals surface area contributed by atoms with E-state index in [0.29, 0.717) is 6.54 Å². The average Bonchev–Trinajstić information content (AvgIpc) is 3.22. The zero-order valence-electron chi connectivity index (χ0n) is 20.5. The van der Waals surface area contributed by atoms with Crippen molar-refractivity contribution in [3.8, 4) is 0 Å². The number of morpholine rings is 1. The molecule has 0 spiro atoms. The molecule has 1 atom stereocenters. The molecule has 10 nitrogen and oxygen atoms in total. The number of nitrogens with zero attached hydrogens (tertiary/aromatic N) is 7. The molecule has 2 aromatic heterocycles. The Bertz CT molecular complexity index is 896. The topological polar surface area (TPSA) is 97.4 Å². The smallest absolute Gasteiger partial charge is 0.191 e. The number of ether oxygens (including phenoxy) is 1. The summed E-state index contributed by atoms with van der Waals surface area (Å²) in [4.78, 5) is 7.25. The SMILES string of the molecule is Cc1nn(C)c(C)c1CC(C)NC(=NCc1nnc(C)n1C)NCCCN1CCOCC1. The standard InChI is InChI=1S/C22H39N9O/c1-16(14-20-17(2)28-30(6)18(20)3)25-22(24-15-21-27-26-19(4)29(21)5)23-8-7-9-31-10-12-32-13-11-31/h16H,7-15H2,1-6H3,(H2,23,24,25). The fraction of sp³-hybridized carbons (Fsp3) is 0.727. The molecule has 0 aromatic carbocycles. The third-order valence-corrected chi connectivity index (χ3v) is 6.16. The minimum atomic E-state index is 0.211. The number of aliphatic imine (C=N–C) groups is 1. The van der Waals surface area contributed by atoms with Gasteiger partial charge in [-0.25, -0.2) is 4.99 Å². The van der Waals surface area contributed by atoms with Gasteiger partial charge in [0.05, 0.1) is 18.9 Å². The largest absolute Gasteiger partial charge is 0.379 e. The van der Waals surface area contributed by atoms with Crippen molar-refractivity contribution < 1.29 is 4.74 Å². The lowest BCUT2D eigenvalue weighted by atomic mass is 10.1. The van der Waals surface area contributed by atoms with Gasteiger partial charge in [0.25, 0.3) is 0 Å². The minimum absolute atomic E-state index is 0.211. The van der Waals surface area contributed by atoms with Crippen LogP contribution in [0.4, 0.5) is 0 Å². The van der Waals surface area contributed by atoms with Crippen molar-refractivity contribution in [3.63, 3.8) is 0 Å². The zero-order chi connectivity index (χ0) is 23.1. The molecule has 0 aliphatic carbocycles. The lowest BCUT2D eigenvalue weighted by Gasteiger charge is -2.26. The number of aryl methyl sites for hydroxylation is 3. The predicted octanol–water partition coefficient (Wildman–Crippen LogP) is 0.863. The summed E-state index contributed by atoms with van der Waals surface area (Å²) in [6.07, 6.45) is 1.95. The first-order valence-electron chi connectivity index (χ1n) is 11.5. The van der Waals surface area contributed by atoms with Crippen LogP contribution in [0.15, 0.2) is 4.99 Å². The van der Waals surface area contributed by atoms with E-state index in [1.54, 1.807) is 0 Å². The second-order valence-corrected chi connectivity index (χ2v) is 8.64. The fourth-order valence-corrected chi connectivity index (χ4v) is 3.93. The highest BCUT2D eigenvalue weighted by atomic mass is 16.5. The van der Waals surface area contributed by atoms with E-state index in [-0.39, 0.29) is 6.04 Å². The van der Waals surface area contributed by atoms with E-state index in [4.69, 9.17) is 9.73 Å².